The number of aryl methyl sites for hydroxylation is 3. The van der Waals surface area contributed by atoms with Crippen molar-refractivity contribution in [3.63, 3.8) is 0 Å². The summed E-state index contributed by atoms with van der Waals surface area (Å²) < 4.78 is 28.6. The molecule has 0 saturated carbocycles. The van der Waals surface area contributed by atoms with E-state index >= 15 is 0 Å². The highest BCUT2D eigenvalue weighted by Gasteiger charge is 2.29. The molecule has 5 nitrogen and oxygen atoms in total. The molecule has 4 aromatic rings. The number of carbonyl (C=O) groups is 1. The topological polar surface area (TPSA) is 66.5 Å². The molecular weight excluding hydrogens is 504 g/mol. The lowest BCUT2D eigenvalue weighted by Crippen LogP contribution is -2.42. The summed E-state index contributed by atoms with van der Waals surface area (Å²) in [5.41, 5.74) is 5.25. The Kier molecular flexibility index (Phi) is 8.00. The van der Waals surface area contributed by atoms with E-state index in [0.29, 0.717) is 10.7 Å². The maximum absolute atomic E-state index is 13.7. The van der Waals surface area contributed by atoms with Crippen molar-refractivity contribution in [1.29, 1.82) is 0 Å². The smallest absolute Gasteiger partial charge is 0.264 e. The van der Waals surface area contributed by atoms with Gasteiger partial charge in [0, 0.05) is 5.02 Å². The summed E-state index contributed by atoms with van der Waals surface area (Å²) in [5, 5.41) is 3.50. The standard InChI is InChI=1S/C30H29ClN2O3S/c1-21-8-7-11-25(18-21)30(24-9-5-4-6-10-24)32-29(34)20-33(27-15-12-22(2)23(3)19-27)37(35,36)28-16-13-26(31)14-17-28/h4-19,30H,20H2,1-3H3,(H,32,34). The van der Waals surface area contributed by atoms with Crippen molar-refractivity contribution in [2.75, 3.05) is 10.8 Å². The minimum absolute atomic E-state index is 0.0567. The van der Waals surface area contributed by atoms with Crippen LogP contribution in [0.5, 0.6) is 0 Å². The van der Waals surface area contributed by atoms with E-state index in [1.807, 2.05) is 81.4 Å². The number of nitrogens with zero attached hydrogens (tertiary/aromatic N) is 1. The Morgan fingerprint density at radius 2 is 1.49 bits per heavy atom. The number of benzene rings is 4. The molecule has 4 rings (SSSR count). The molecule has 37 heavy (non-hydrogen) atoms. The lowest BCUT2D eigenvalue weighted by Gasteiger charge is -2.27. The number of carbonyl (C=O) groups excluding carboxylic acids is 1. The lowest BCUT2D eigenvalue weighted by atomic mass is 9.97. The molecule has 0 heterocycles. The molecule has 1 N–H and O–H groups in total. The van der Waals surface area contributed by atoms with Gasteiger partial charge in [0.15, 0.2) is 0 Å². The lowest BCUT2D eigenvalue weighted by molar-refractivity contribution is -0.120. The largest absolute Gasteiger partial charge is 0.344 e. The Balaban J connectivity index is 1.71. The van der Waals surface area contributed by atoms with Gasteiger partial charge >= 0.3 is 0 Å². The van der Waals surface area contributed by atoms with Crippen molar-refractivity contribution >= 4 is 33.2 Å². The van der Waals surface area contributed by atoms with E-state index < -0.39 is 22.0 Å². The van der Waals surface area contributed by atoms with Gasteiger partial charge in [-0.05, 0) is 79.4 Å². The van der Waals surface area contributed by atoms with Gasteiger partial charge in [-0.2, -0.15) is 0 Å². The second kappa shape index (κ2) is 11.2. The van der Waals surface area contributed by atoms with Crippen molar-refractivity contribution < 1.29 is 13.2 Å². The minimum Gasteiger partial charge on any atom is -0.344 e. The van der Waals surface area contributed by atoms with Crippen LogP contribution in [0.25, 0.3) is 0 Å². The maximum Gasteiger partial charge on any atom is 0.264 e. The van der Waals surface area contributed by atoms with Crippen LogP contribution in [0, 0.1) is 20.8 Å². The number of nitrogens with one attached hydrogen (secondary N) is 1. The molecule has 7 heteroatoms. The zero-order chi connectivity index (χ0) is 26.6. The summed E-state index contributed by atoms with van der Waals surface area (Å²) in [6.45, 7) is 5.47. The van der Waals surface area contributed by atoms with Gasteiger partial charge in [-0.3, -0.25) is 9.10 Å². The van der Waals surface area contributed by atoms with Crippen molar-refractivity contribution in [3.8, 4) is 0 Å². The highest BCUT2D eigenvalue weighted by atomic mass is 35.5. The molecule has 1 unspecified atom stereocenters. The van der Waals surface area contributed by atoms with Crippen LogP contribution in [0.4, 0.5) is 5.69 Å². The molecule has 0 fully saturated rings. The minimum atomic E-state index is -4.05. The fourth-order valence-corrected chi connectivity index (χ4v) is 5.66. The summed E-state index contributed by atoms with van der Waals surface area (Å²) >= 11 is 5.99. The molecule has 1 atom stereocenters. The molecule has 0 aliphatic heterocycles. The fourth-order valence-electron chi connectivity index (χ4n) is 4.12. The third-order valence-corrected chi connectivity index (χ3v) is 8.32. The normalized spacial score (nSPS) is 12.1. The Morgan fingerprint density at radius 3 is 2.14 bits per heavy atom. The van der Waals surface area contributed by atoms with Gasteiger partial charge < -0.3 is 5.32 Å². The Labute approximate surface area is 223 Å². The predicted molar refractivity (Wildman–Crippen MR) is 150 cm³/mol. The van der Waals surface area contributed by atoms with E-state index in [9.17, 15) is 13.2 Å². The third kappa shape index (κ3) is 6.21. The van der Waals surface area contributed by atoms with Gasteiger partial charge in [-0.25, -0.2) is 8.42 Å². The van der Waals surface area contributed by atoms with Crippen molar-refractivity contribution in [3.05, 3.63) is 130 Å². The average Bonchev–Trinajstić information content (AvgIpc) is 2.88. The highest BCUT2D eigenvalue weighted by Crippen LogP contribution is 2.28. The SMILES string of the molecule is Cc1cccc(C(NC(=O)CN(c2ccc(C)c(C)c2)S(=O)(=O)c2ccc(Cl)cc2)c2ccccc2)c1. The third-order valence-electron chi connectivity index (χ3n) is 6.28. The van der Waals surface area contributed by atoms with E-state index in [1.165, 1.54) is 24.3 Å². The number of anilines is 1. The molecule has 1 amide bonds. The average molecular weight is 533 g/mol. The fraction of sp³-hybridized carbons (Fsp3) is 0.167. The Bertz CT molecular complexity index is 1500. The van der Waals surface area contributed by atoms with E-state index in [0.717, 1.165) is 32.1 Å². The Morgan fingerprint density at radius 1 is 0.811 bits per heavy atom. The first-order valence-electron chi connectivity index (χ1n) is 11.9. The molecule has 0 saturated heterocycles. The summed E-state index contributed by atoms with van der Waals surface area (Å²) in [6.07, 6.45) is 0. The van der Waals surface area contributed by atoms with Gasteiger partial charge in [0.1, 0.15) is 6.54 Å². The first-order chi connectivity index (χ1) is 17.6. The van der Waals surface area contributed by atoms with Gasteiger partial charge in [0.05, 0.1) is 16.6 Å². The maximum atomic E-state index is 13.7. The number of hydrogen-bond acceptors (Lipinski definition) is 3. The van der Waals surface area contributed by atoms with Crippen LogP contribution >= 0.6 is 11.6 Å². The van der Waals surface area contributed by atoms with E-state index in [1.54, 1.807) is 12.1 Å². The van der Waals surface area contributed by atoms with Crippen LogP contribution < -0.4 is 9.62 Å². The molecular formula is C30H29ClN2O3S. The second-order valence-electron chi connectivity index (χ2n) is 9.06. The zero-order valence-corrected chi connectivity index (χ0v) is 22.6. The van der Waals surface area contributed by atoms with Crippen molar-refractivity contribution in [1.82, 2.24) is 5.32 Å². The first kappa shape index (κ1) is 26.5. The monoisotopic (exact) mass is 532 g/mol. The van der Waals surface area contributed by atoms with Crippen molar-refractivity contribution in [2.24, 2.45) is 0 Å². The summed E-state index contributed by atoms with van der Waals surface area (Å²) in [7, 11) is -4.05. The second-order valence-corrected chi connectivity index (χ2v) is 11.4. The molecule has 0 aliphatic rings. The first-order valence-corrected chi connectivity index (χ1v) is 13.7. The van der Waals surface area contributed by atoms with Gasteiger partial charge in [-0.15, -0.1) is 0 Å². The number of rotatable bonds is 8. The molecule has 0 spiro atoms. The predicted octanol–water partition coefficient (Wildman–Crippen LogP) is 6.37. The quantitative estimate of drug-likeness (QED) is 0.287. The molecule has 0 bridgehead atoms. The van der Waals surface area contributed by atoms with E-state index in [-0.39, 0.29) is 11.4 Å². The Hall–Kier alpha value is -3.61. The van der Waals surface area contributed by atoms with E-state index in [2.05, 4.69) is 5.32 Å². The van der Waals surface area contributed by atoms with E-state index in [4.69, 9.17) is 11.6 Å². The zero-order valence-electron chi connectivity index (χ0n) is 21.0. The number of halogens is 1. The highest BCUT2D eigenvalue weighted by molar-refractivity contribution is 7.92. The molecule has 4 aromatic carbocycles. The van der Waals surface area contributed by atoms with Crippen LogP contribution in [0.3, 0.4) is 0 Å². The number of amides is 1. The van der Waals surface area contributed by atoms with Gasteiger partial charge in [0.25, 0.3) is 10.0 Å². The summed E-state index contributed by atoms with van der Waals surface area (Å²) in [6, 6.07) is 28.4. The summed E-state index contributed by atoms with van der Waals surface area (Å²) in [4.78, 5) is 13.6. The van der Waals surface area contributed by atoms with Crippen LogP contribution in [0.15, 0.2) is 102 Å². The molecule has 190 valence electrons. The molecule has 0 aromatic heterocycles. The number of sulfonamides is 1. The van der Waals surface area contributed by atoms with Crippen molar-refractivity contribution in [2.45, 2.75) is 31.7 Å². The molecule has 0 aliphatic carbocycles. The van der Waals surface area contributed by atoms with Crippen LogP contribution in [0.1, 0.15) is 33.9 Å². The molecule has 0 radical (unpaired) electrons. The van der Waals surface area contributed by atoms with Crippen LogP contribution in [-0.4, -0.2) is 20.9 Å². The summed E-state index contributed by atoms with van der Waals surface area (Å²) in [5.74, 6) is -0.425. The van der Waals surface area contributed by atoms with Crippen LogP contribution in [-0.2, 0) is 14.8 Å². The van der Waals surface area contributed by atoms with Gasteiger partial charge in [-0.1, -0.05) is 77.8 Å². The van der Waals surface area contributed by atoms with Gasteiger partial charge in [0.2, 0.25) is 5.91 Å². The van der Waals surface area contributed by atoms with Crippen LogP contribution in [0.2, 0.25) is 5.02 Å². The number of hydrogen-bond donors (Lipinski definition) is 1.